The lowest BCUT2D eigenvalue weighted by Crippen LogP contribution is -2.46. The van der Waals surface area contributed by atoms with Crippen molar-refractivity contribution in [3.63, 3.8) is 0 Å². The Morgan fingerprint density at radius 3 is 2.52 bits per heavy atom. The molecular weight excluding hydrogens is 299 g/mol. The molecule has 1 aromatic rings. The summed E-state index contributed by atoms with van der Waals surface area (Å²) in [5, 5.41) is 13.2. The van der Waals surface area contributed by atoms with Crippen LogP contribution in [0.5, 0.6) is 0 Å². The Hall–Kier alpha value is -2.25. The van der Waals surface area contributed by atoms with E-state index in [0.29, 0.717) is 0 Å². The van der Waals surface area contributed by atoms with Gasteiger partial charge in [0.25, 0.3) is 6.47 Å². The lowest BCUT2D eigenvalue weighted by molar-refractivity contribution is -0.122. The van der Waals surface area contributed by atoms with E-state index in [1.54, 1.807) is 12.1 Å². The van der Waals surface area contributed by atoms with E-state index in [1.165, 1.54) is 6.07 Å². The second-order valence-corrected chi connectivity index (χ2v) is 4.95. The van der Waals surface area contributed by atoms with Crippen molar-refractivity contribution in [1.29, 1.82) is 0 Å². The van der Waals surface area contributed by atoms with Gasteiger partial charge in [-0.15, -0.1) is 0 Å². The maximum Gasteiger partial charge on any atom is 0.290 e. The van der Waals surface area contributed by atoms with Crippen LogP contribution >= 0.6 is 0 Å². The average Bonchev–Trinajstić information content (AvgIpc) is 2.52. The molecule has 1 unspecified atom stereocenters. The maximum atomic E-state index is 13.4. The number of benzene rings is 1. The van der Waals surface area contributed by atoms with Crippen molar-refractivity contribution in [2.75, 3.05) is 21.1 Å². The van der Waals surface area contributed by atoms with Gasteiger partial charge in [0.15, 0.2) is 0 Å². The monoisotopic (exact) mass is 322 g/mol. The van der Waals surface area contributed by atoms with Crippen LogP contribution in [0.15, 0.2) is 35.3 Å². The highest BCUT2D eigenvalue weighted by Crippen LogP contribution is 2.25. The summed E-state index contributed by atoms with van der Waals surface area (Å²) in [6.45, 7) is 1.77. The van der Waals surface area contributed by atoms with E-state index in [0.717, 1.165) is 17.0 Å². The number of hydrogen-bond donors (Lipinski definition) is 3. The van der Waals surface area contributed by atoms with Gasteiger partial charge < -0.3 is 10.0 Å². The fraction of sp³-hybridized carbons (Fsp3) is 0.375. The van der Waals surface area contributed by atoms with Gasteiger partial charge >= 0.3 is 0 Å². The normalized spacial score (nSPS) is 17.1. The van der Waals surface area contributed by atoms with Gasteiger partial charge in [-0.3, -0.25) is 20.4 Å². The smallest absolute Gasteiger partial charge is 0.290 e. The Morgan fingerprint density at radius 1 is 1.39 bits per heavy atom. The summed E-state index contributed by atoms with van der Waals surface area (Å²) in [6, 6.07) is 6.64. The standard InChI is InChI=1S/C15H21FN4.CH2O2/c1-10-19-13(15(17-2)18-3)9-14(20(10)4)11-6-5-7-12(16)8-11;2-1-3/h5-10,15,17-18H,1-4H3;1H,(H,2,3). The van der Waals surface area contributed by atoms with Crippen molar-refractivity contribution in [3.05, 3.63) is 41.7 Å². The molecule has 2 rings (SSSR count). The van der Waals surface area contributed by atoms with Crippen LogP contribution in [0.25, 0.3) is 5.70 Å². The molecule has 0 aliphatic carbocycles. The molecule has 0 fully saturated rings. The molecular formula is C16H23FN4O2. The van der Waals surface area contributed by atoms with E-state index < -0.39 is 0 Å². The zero-order chi connectivity index (χ0) is 17.4. The van der Waals surface area contributed by atoms with Crippen molar-refractivity contribution in [3.8, 4) is 0 Å². The van der Waals surface area contributed by atoms with Crippen molar-refractivity contribution < 1.29 is 14.3 Å². The molecule has 1 heterocycles. The van der Waals surface area contributed by atoms with Crippen molar-refractivity contribution in [2.45, 2.75) is 19.3 Å². The molecule has 0 saturated carbocycles. The van der Waals surface area contributed by atoms with E-state index in [9.17, 15) is 4.39 Å². The Balaban J connectivity index is 0.000000816. The molecule has 0 aromatic heterocycles. The summed E-state index contributed by atoms with van der Waals surface area (Å²) in [7, 11) is 5.72. The number of halogens is 1. The van der Waals surface area contributed by atoms with Crippen LogP contribution in [0.1, 0.15) is 12.5 Å². The quantitative estimate of drug-likeness (QED) is 0.576. The van der Waals surface area contributed by atoms with E-state index in [4.69, 9.17) is 9.90 Å². The van der Waals surface area contributed by atoms with E-state index in [2.05, 4.69) is 15.6 Å². The highest BCUT2D eigenvalue weighted by molar-refractivity contribution is 6.05. The van der Waals surface area contributed by atoms with Gasteiger partial charge in [0, 0.05) is 18.3 Å². The van der Waals surface area contributed by atoms with Gasteiger partial charge in [0.1, 0.15) is 18.1 Å². The van der Waals surface area contributed by atoms with Crippen LogP contribution in [0, 0.1) is 5.82 Å². The zero-order valence-electron chi connectivity index (χ0n) is 13.7. The van der Waals surface area contributed by atoms with Gasteiger partial charge in [-0.05, 0) is 39.2 Å². The number of rotatable bonds is 4. The van der Waals surface area contributed by atoms with Crippen LogP contribution in [0.3, 0.4) is 0 Å². The molecule has 0 radical (unpaired) electrons. The number of hydrogen-bond acceptors (Lipinski definition) is 5. The Labute approximate surface area is 135 Å². The predicted octanol–water partition coefficient (Wildman–Crippen LogP) is 1.36. The number of aliphatic imine (C=N–C) groups is 1. The summed E-state index contributed by atoms with van der Waals surface area (Å²) in [5.74, 6) is -0.229. The Morgan fingerprint density at radius 2 is 2.00 bits per heavy atom. The second-order valence-electron chi connectivity index (χ2n) is 4.95. The summed E-state index contributed by atoms with van der Waals surface area (Å²) >= 11 is 0. The molecule has 1 aliphatic heterocycles. The molecule has 0 amide bonds. The summed E-state index contributed by atoms with van der Waals surface area (Å²) < 4.78 is 13.4. The van der Waals surface area contributed by atoms with Gasteiger partial charge in [-0.25, -0.2) is 4.39 Å². The first-order chi connectivity index (χ1) is 11.0. The van der Waals surface area contributed by atoms with Crippen LogP contribution in [-0.2, 0) is 4.79 Å². The first-order valence-electron chi connectivity index (χ1n) is 7.19. The zero-order valence-corrected chi connectivity index (χ0v) is 13.7. The minimum atomic E-state index is -0.250. The third kappa shape index (κ3) is 4.87. The molecule has 126 valence electrons. The minimum absolute atomic E-state index is 0.0115. The number of carboxylic acid groups (broad SMARTS) is 1. The lowest BCUT2D eigenvalue weighted by Gasteiger charge is -2.33. The second kappa shape index (κ2) is 9.02. The Bertz CT molecular complexity index is 585. The lowest BCUT2D eigenvalue weighted by atomic mass is 10.1. The molecule has 3 N–H and O–H groups in total. The molecule has 1 aromatic carbocycles. The van der Waals surface area contributed by atoms with Gasteiger partial charge in [0.2, 0.25) is 0 Å². The largest absolute Gasteiger partial charge is 0.483 e. The molecule has 1 aliphatic rings. The van der Waals surface area contributed by atoms with Crippen molar-refractivity contribution >= 4 is 17.9 Å². The topological polar surface area (TPSA) is 77.0 Å². The van der Waals surface area contributed by atoms with Crippen LogP contribution in [0.4, 0.5) is 4.39 Å². The third-order valence-corrected chi connectivity index (χ3v) is 3.55. The van der Waals surface area contributed by atoms with Crippen LogP contribution < -0.4 is 10.6 Å². The van der Waals surface area contributed by atoms with E-state index >= 15 is 0 Å². The average molecular weight is 322 g/mol. The Kier molecular flexibility index (Phi) is 7.37. The van der Waals surface area contributed by atoms with Crippen molar-refractivity contribution in [1.82, 2.24) is 15.5 Å². The number of nitrogens with one attached hydrogen (secondary N) is 2. The molecule has 23 heavy (non-hydrogen) atoms. The van der Waals surface area contributed by atoms with E-state index in [1.807, 2.05) is 45.1 Å². The first-order valence-corrected chi connectivity index (χ1v) is 7.19. The van der Waals surface area contributed by atoms with E-state index in [-0.39, 0.29) is 24.6 Å². The highest BCUT2D eigenvalue weighted by Gasteiger charge is 2.22. The molecule has 7 heteroatoms. The van der Waals surface area contributed by atoms with Gasteiger partial charge in [-0.1, -0.05) is 12.1 Å². The molecule has 6 nitrogen and oxygen atoms in total. The van der Waals surface area contributed by atoms with Crippen LogP contribution in [0.2, 0.25) is 0 Å². The summed E-state index contributed by atoms with van der Waals surface area (Å²) in [5.41, 5.74) is 2.75. The summed E-state index contributed by atoms with van der Waals surface area (Å²) in [4.78, 5) is 15.1. The molecule has 0 bridgehead atoms. The van der Waals surface area contributed by atoms with Gasteiger partial charge in [-0.2, -0.15) is 0 Å². The molecule has 0 spiro atoms. The minimum Gasteiger partial charge on any atom is -0.483 e. The number of carbonyl (C=O) groups is 1. The van der Waals surface area contributed by atoms with Crippen molar-refractivity contribution in [2.24, 2.45) is 4.99 Å². The van der Waals surface area contributed by atoms with Gasteiger partial charge in [0.05, 0.1) is 5.71 Å². The predicted molar refractivity (Wildman–Crippen MR) is 89.6 cm³/mol. The highest BCUT2D eigenvalue weighted by atomic mass is 19.1. The fourth-order valence-electron chi connectivity index (χ4n) is 2.32. The van der Waals surface area contributed by atoms with Crippen LogP contribution in [-0.4, -0.2) is 55.7 Å². The number of nitrogens with zero attached hydrogens (tertiary/aromatic N) is 2. The fourth-order valence-corrected chi connectivity index (χ4v) is 2.32. The first kappa shape index (κ1) is 18.8. The molecule has 0 saturated heterocycles. The maximum absolute atomic E-state index is 13.4. The SMILES string of the molecule is CNC(NC)C1=NC(C)N(C)C(c2cccc(F)c2)=C1.O=CO. The summed E-state index contributed by atoms with van der Waals surface area (Å²) in [6.07, 6.45) is 1.99. The third-order valence-electron chi connectivity index (χ3n) is 3.55. The molecule has 1 atom stereocenters.